The van der Waals surface area contributed by atoms with Crippen LogP contribution in [0.25, 0.3) is 0 Å². The maximum atomic E-state index is 5.18. The van der Waals surface area contributed by atoms with Crippen LogP contribution in [0, 0.1) is 5.92 Å². The van der Waals surface area contributed by atoms with Crippen LogP contribution < -0.4 is 10.6 Å². The lowest BCUT2D eigenvalue weighted by atomic mass is 10.0. The quantitative estimate of drug-likeness (QED) is 0.530. The summed E-state index contributed by atoms with van der Waals surface area (Å²) in [5, 5.41) is 7.24. The summed E-state index contributed by atoms with van der Waals surface area (Å²) in [6, 6.07) is 0. The molecule has 3 nitrogen and oxygen atoms in total. The molecule has 0 aromatic rings. The summed E-state index contributed by atoms with van der Waals surface area (Å²) in [7, 11) is 1.72. The second-order valence-corrected chi connectivity index (χ2v) is 4.88. The van der Waals surface area contributed by atoms with E-state index in [2.05, 4.69) is 10.6 Å². The molecule has 0 aliphatic heterocycles. The van der Waals surface area contributed by atoms with E-state index in [0.717, 1.165) is 37.1 Å². The standard InChI is InChI=1S/C12H24N2OS/c1-15-10-4-8-13-12(16)14-9-7-11-5-2-3-6-11/h11H,2-10H2,1H3,(H2,13,14,16). The summed E-state index contributed by atoms with van der Waals surface area (Å²) >= 11 is 5.18. The Morgan fingerprint density at radius 1 is 1.25 bits per heavy atom. The normalized spacial score (nSPS) is 16.3. The predicted octanol–water partition coefficient (Wildman–Crippen LogP) is 2.07. The van der Waals surface area contributed by atoms with Crippen molar-refractivity contribution in [2.75, 3.05) is 26.8 Å². The highest BCUT2D eigenvalue weighted by molar-refractivity contribution is 7.80. The van der Waals surface area contributed by atoms with Gasteiger partial charge in [-0.3, -0.25) is 0 Å². The van der Waals surface area contributed by atoms with Crippen LogP contribution >= 0.6 is 12.2 Å². The van der Waals surface area contributed by atoms with Crippen LogP contribution in [0.3, 0.4) is 0 Å². The maximum absolute atomic E-state index is 5.18. The number of ether oxygens (including phenoxy) is 1. The number of hydrogen-bond donors (Lipinski definition) is 2. The number of rotatable bonds is 7. The Labute approximate surface area is 104 Å². The largest absolute Gasteiger partial charge is 0.385 e. The lowest BCUT2D eigenvalue weighted by Crippen LogP contribution is -2.36. The fourth-order valence-electron chi connectivity index (χ4n) is 2.17. The van der Waals surface area contributed by atoms with Crippen LogP contribution in [0.4, 0.5) is 0 Å². The van der Waals surface area contributed by atoms with Crippen LogP contribution in [0.2, 0.25) is 0 Å². The molecule has 0 heterocycles. The van der Waals surface area contributed by atoms with Crippen LogP contribution in [-0.4, -0.2) is 31.9 Å². The number of methoxy groups -OCH3 is 1. The van der Waals surface area contributed by atoms with Gasteiger partial charge in [0.05, 0.1) is 0 Å². The summed E-state index contributed by atoms with van der Waals surface area (Å²) < 4.78 is 4.97. The maximum Gasteiger partial charge on any atom is 0.166 e. The molecule has 0 saturated heterocycles. The van der Waals surface area contributed by atoms with Gasteiger partial charge in [-0.25, -0.2) is 0 Å². The van der Waals surface area contributed by atoms with Gasteiger partial charge < -0.3 is 15.4 Å². The molecular weight excluding hydrogens is 220 g/mol. The fourth-order valence-corrected chi connectivity index (χ4v) is 2.37. The van der Waals surface area contributed by atoms with E-state index in [4.69, 9.17) is 17.0 Å². The minimum absolute atomic E-state index is 0.786. The molecule has 0 radical (unpaired) electrons. The third kappa shape index (κ3) is 6.28. The zero-order valence-corrected chi connectivity index (χ0v) is 11.1. The molecular formula is C12H24N2OS. The molecule has 0 aromatic carbocycles. The Morgan fingerprint density at radius 2 is 1.94 bits per heavy atom. The second-order valence-electron chi connectivity index (χ2n) is 4.47. The fraction of sp³-hybridized carbons (Fsp3) is 0.917. The Bertz CT molecular complexity index is 193. The Balaban J connectivity index is 1.89. The third-order valence-electron chi connectivity index (χ3n) is 3.12. The molecule has 1 aliphatic rings. The van der Waals surface area contributed by atoms with Crippen molar-refractivity contribution in [3.63, 3.8) is 0 Å². The van der Waals surface area contributed by atoms with E-state index in [9.17, 15) is 0 Å². The van der Waals surface area contributed by atoms with Gasteiger partial charge >= 0.3 is 0 Å². The van der Waals surface area contributed by atoms with Crippen molar-refractivity contribution < 1.29 is 4.74 Å². The molecule has 0 unspecified atom stereocenters. The first-order valence-corrected chi connectivity index (χ1v) is 6.74. The molecule has 16 heavy (non-hydrogen) atoms. The average molecular weight is 244 g/mol. The zero-order chi connectivity index (χ0) is 11.6. The van der Waals surface area contributed by atoms with Crippen LogP contribution in [0.1, 0.15) is 38.5 Å². The summed E-state index contributed by atoms with van der Waals surface area (Å²) in [6.07, 6.45) is 7.93. The lowest BCUT2D eigenvalue weighted by molar-refractivity contribution is 0.195. The Morgan fingerprint density at radius 3 is 2.62 bits per heavy atom. The van der Waals surface area contributed by atoms with Crippen LogP contribution in [0.15, 0.2) is 0 Å². The average Bonchev–Trinajstić information content (AvgIpc) is 2.77. The Kier molecular flexibility index (Phi) is 7.51. The number of thiocarbonyl (C=S) groups is 1. The van der Waals surface area contributed by atoms with Gasteiger partial charge in [0.15, 0.2) is 5.11 Å². The summed E-state index contributed by atoms with van der Waals surface area (Å²) in [4.78, 5) is 0. The van der Waals surface area contributed by atoms with Gasteiger partial charge in [0.25, 0.3) is 0 Å². The first-order chi connectivity index (χ1) is 7.83. The minimum atomic E-state index is 0.786. The summed E-state index contributed by atoms with van der Waals surface area (Å²) in [6.45, 7) is 2.70. The highest BCUT2D eigenvalue weighted by Gasteiger charge is 2.13. The minimum Gasteiger partial charge on any atom is -0.385 e. The van der Waals surface area contributed by atoms with Crippen molar-refractivity contribution >= 4 is 17.3 Å². The molecule has 4 heteroatoms. The monoisotopic (exact) mass is 244 g/mol. The zero-order valence-electron chi connectivity index (χ0n) is 10.3. The summed E-state index contributed by atoms with van der Waals surface area (Å²) in [5.74, 6) is 0.934. The highest BCUT2D eigenvalue weighted by Crippen LogP contribution is 2.26. The molecule has 1 rings (SSSR count). The van der Waals surface area contributed by atoms with E-state index in [1.165, 1.54) is 32.1 Å². The number of nitrogens with one attached hydrogen (secondary N) is 2. The van der Waals surface area contributed by atoms with Gasteiger partial charge in [-0.2, -0.15) is 0 Å². The third-order valence-corrected chi connectivity index (χ3v) is 3.41. The van der Waals surface area contributed by atoms with Gasteiger partial charge in [0, 0.05) is 26.8 Å². The van der Waals surface area contributed by atoms with E-state index in [1.54, 1.807) is 7.11 Å². The van der Waals surface area contributed by atoms with E-state index < -0.39 is 0 Å². The van der Waals surface area contributed by atoms with Gasteiger partial charge in [-0.1, -0.05) is 25.7 Å². The van der Waals surface area contributed by atoms with Crippen molar-refractivity contribution in [2.45, 2.75) is 38.5 Å². The SMILES string of the molecule is COCCCNC(=S)NCCC1CCCC1. The first-order valence-electron chi connectivity index (χ1n) is 6.33. The molecule has 2 N–H and O–H groups in total. The van der Waals surface area contributed by atoms with Crippen molar-refractivity contribution in [3.8, 4) is 0 Å². The van der Waals surface area contributed by atoms with E-state index in [-0.39, 0.29) is 0 Å². The van der Waals surface area contributed by atoms with E-state index in [0.29, 0.717) is 0 Å². The molecule has 0 aromatic heterocycles. The van der Waals surface area contributed by atoms with Gasteiger partial charge in [0.2, 0.25) is 0 Å². The van der Waals surface area contributed by atoms with Gasteiger partial charge in [-0.05, 0) is 31.0 Å². The van der Waals surface area contributed by atoms with Crippen LogP contribution in [-0.2, 0) is 4.74 Å². The molecule has 0 atom stereocenters. The molecule has 1 aliphatic carbocycles. The lowest BCUT2D eigenvalue weighted by Gasteiger charge is -2.12. The van der Waals surface area contributed by atoms with Crippen molar-refractivity contribution in [1.82, 2.24) is 10.6 Å². The first kappa shape index (κ1) is 13.7. The van der Waals surface area contributed by atoms with E-state index in [1.807, 2.05) is 0 Å². The molecule has 0 amide bonds. The smallest absolute Gasteiger partial charge is 0.166 e. The van der Waals surface area contributed by atoms with Crippen molar-refractivity contribution in [1.29, 1.82) is 0 Å². The second kappa shape index (κ2) is 8.76. The summed E-state index contributed by atoms with van der Waals surface area (Å²) in [5.41, 5.74) is 0. The molecule has 94 valence electrons. The molecule has 0 bridgehead atoms. The topological polar surface area (TPSA) is 33.3 Å². The van der Waals surface area contributed by atoms with E-state index >= 15 is 0 Å². The number of hydrogen-bond acceptors (Lipinski definition) is 2. The Hall–Kier alpha value is -0.350. The van der Waals surface area contributed by atoms with Crippen molar-refractivity contribution in [2.24, 2.45) is 5.92 Å². The predicted molar refractivity (Wildman–Crippen MR) is 71.7 cm³/mol. The molecule has 1 fully saturated rings. The van der Waals surface area contributed by atoms with Gasteiger partial charge in [-0.15, -0.1) is 0 Å². The molecule has 0 spiro atoms. The molecule has 1 saturated carbocycles. The van der Waals surface area contributed by atoms with Gasteiger partial charge in [0.1, 0.15) is 0 Å². The van der Waals surface area contributed by atoms with Crippen LogP contribution in [0.5, 0.6) is 0 Å². The highest BCUT2D eigenvalue weighted by atomic mass is 32.1. The van der Waals surface area contributed by atoms with Crippen molar-refractivity contribution in [3.05, 3.63) is 0 Å².